The minimum Gasteiger partial charge on any atom is -0.378 e. The normalized spacial score (nSPS) is 10.8. The van der Waals surface area contributed by atoms with Gasteiger partial charge in [-0.3, -0.25) is 0 Å². The standard InChI is InChI=1S/C10H10BrNOS2/c1-13-6-7-9(5-11)15-10(12-7)8-3-2-4-14-8/h2-4H,5-6H2,1H3. The summed E-state index contributed by atoms with van der Waals surface area (Å²) in [5.41, 5.74) is 1.04. The van der Waals surface area contributed by atoms with Crippen molar-refractivity contribution >= 4 is 38.6 Å². The van der Waals surface area contributed by atoms with Crippen molar-refractivity contribution in [2.45, 2.75) is 11.9 Å². The van der Waals surface area contributed by atoms with Gasteiger partial charge in [-0.25, -0.2) is 4.98 Å². The lowest BCUT2D eigenvalue weighted by Gasteiger charge is -1.95. The molecule has 0 N–H and O–H groups in total. The Morgan fingerprint density at radius 3 is 3.00 bits per heavy atom. The molecule has 80 valence electrons. The molecule has 0 aliphatic heterocycles. The number of nitrogens with zero attached hydrogens (tertiary/aromatic N) is 1. The van der Waals surface area contributed by atoms with E-state index in [0.29, 0.717) is 6.61 Å². The molecular weight excluding hydrogens is 294 g/mol. The quantitative estimate of drug-likeness (QED) is 0.799. The summed E-state index contributed by atoms with van der Waals surface area (Å²) in [5.74, 6) is 0. The number of thiophene rings is 1. The molecule has 0 aliphatic carbocycles. The molecule has 0 aliphatic rings. The van der Waals surface area contributed by atoms with Gasteiger partial charge in [0.15, 0.2) is 0 Å². The first-order valence-corrected chi connectivity index (χ1v) is 7.24. The van der Waals surface area contributed by atoms with Crippen LogP contribution in [-0.2, 0) is 16.7 Å². The van der Waals surface area contributed by atoms with Crippen LogP contribution in [0, 0.1) is 0 Å². The molecule has 0 amide bonds. The highest BCUT2D eigenvalue weighted by molar-refractivity contribution is 9.08. The highest BCUT2D eigenvalue weighted by Gasteiger charge is 2.11. The van der Waals surface area contributed by atoms with Crippen LogP contribution in [0.25, 0.3) is 9.88 Å². The van der Waals surface area contributed by atoms with Gasteiger partial charge in [-0.1, -0.05) is 22.0 Å². The van der Waals surface area contributed by atoms with Crippen LogP contribution < -0.4 is 0 Å². The van der Waals surface area contributed by atoms with Crippen molar-refractivity contribution in [2.75, 3.05) is 7.11 Å². The fraction of sp³-hybridized carbons (Fsp3) is 0.300. The monoisotopic (exact) mass is 303 g/mol. The van der Waals surface area contributed by atoms with Gasteiger partial charge in [0.2, 0.25) is 0 Å². The second kappa shape index (κ2) is 5.21. The molecule has 2 nitrogen and oxygen atoms in total. The number of ether oxygens (including phenoxy) is 1. The number of methoxy groups -OCH3 is 1. The Balaban J connectivity index is 2.34. The summed E-state index contributed by atoms with van der Waals surface area (Å²) in [6.45, 7) is 0.586. The summed E-state index contributed by atoms with van der Waals surface area (Å²) >= 11 is 6.92. The first kappa shape index (κ1) is 11.3. The first-order valence-electron chi connectivity index (χ1n) is 4.42. The summed E-state index contributed by atoms with van der Waals surface area (Å²) in [5, 5.41) is 4.00. The van der Waals surface area contributed by atoms with Gasteiger partial charge in [-0.05, 0) is 11.4 Å². The van der Waals surface area contributed by atoms with Gasteiger partial charge in [0, 0.05) is 17.3 Å². The van der Waals surface area contributed by atoms with E-state index in [4.69, 9.17) is 4.74 Å². The lowest BCUT2D eigenvalue weighted by molar-refractivity contribution is 0.181. The van der Waals surface area contributed by atoms with E-state index < -0.39 is 0 Å². The van der Waals surface area contributed by atoms with Crippen molar-refractivity contribution < 1.29 is 4.74 Å². The number of hydrogen-bond donors (Lipinski definition) is 0. The van der Waals surface area contributed by atoms with Gasteiger partial charge in [-0.15, -0.1) is 22.7 Å². The molecule has 0 bridgehead atoms. The van der Waals surface area contributed by atoms with E-state index in [2.05, 4.69) is 32.4 Å². The molecule has 2 rings (SSSR count). The second-order valence-electron chi connectivity index (χ2n) is 2.93. The predicted molar refractivity (Wildman–Crippen MR) is 68.8 cm³/mol. The molecule has 0 unspecified atom stereocenters. The zero-order valence-electron chi connectivity index (χ0n) is 8.20. The van der Waals surface area contributed by atoms with Crippen LogP contribution in [0.1, 0.15) is 10.6 Å². The molecule has 0 saturated carbocycles. The van der Waals surface area contributed by atoms with Gasteiger partial charge in [0.25, 0.3) is 0 Å². The lowest BCUT2D eigenvalue weighted by atomic mass is 10.4. The summed E-state index contributed by atoms with van der Waals surface area (Å²) in [4.78, 5) is 7.06. The Labute approximate surface area is 105 Å². The van der Waals surface area contributed by atoms with Crippen molar-refractivity contribution in [1.29, 1.82) is 0 Å². The number of alkyl halides is 1. The Bertz CT molecular complexity index is 425. The molecule has 0 aromatic carbocycles. The minimum atomic E-state index is 0.586. The smallest absolute Gasteiger partial charge is 0.134 e. The predicted octanol–water partition coefficient (Wildman–Crippen LogP) is 3.91. The molecule has 0 spiro atoms. The van der Waals surface area contributed by atoms with Crippen LogP contribution in [0.5, 0.6) is 0 Å². The number of thiazole rings is 1. The van der Waals surface area contributed by atoms with Crippen LogP contribution in [0.4, 0.5) is 0 Å². The highest BCUT2D eigenvalue weighted by atomic mass is 79.9. The molecule has 0 fully saturated rings. The van der Waals surface area contributed by atoms with Crippen molar-refractivity contribution in [3.05, 3.63) is 28.1 Å². The third kappa shape index (κ3) is 2.47. The Morgan fingerprint density at radius 1 is 1.53 bits per heavy atom. The Kier molecular flexibility index (Phi) is 3.91. The van der Waals surface area contributed by atoms with Crippen molar-refractivity contribution in [1.82, 2.24) is 4.98 Å². The third-order valence-electron chi connectivity index (χ3n) is 1.91. The first-order chi connectivity index (χ1) is 7.35. The zero-order chi connectivity index (χ0) is 10.7. The number of aromatic nitrogens is 1. The van der Waals surface area contributed by atoms with E-state index in [1.165, 1.54) is 9.75 Å². The van der Waals surface area contributed by atoms with Crippen LogP contribution in [0.2, 0.25) is 0 Å². The fourth-order valence-corrected chi connectivity index (χ4v) is 3.62. The van der Waals surface area contributed by atoms with Crippen LogP contribution >= 0.6 is 38.6 Å². The van der Waals surface area contributed by atoms with E-state index in [1.807, 2.05) is 6.07 Å². The fourth-order valence-electron chi connectivity index (χ4n) is 1.24. The number of hydrogen-bond acceptors (Lipinski definition) is 4. The van der Waals surface area contributed by atoms with E-state index in [9.17, 15) is 0 Å². The second-order valence-corrected chi connectivity index (χ2v) is 5.52. The minimum absolute atomic E-state index is 0.586. The van der Waals surface area contributed by atoms with E-state index >= 15 is 0 Å². The Hall–Kier alpha value is -0.230. The maximum absolute atomic E-state index is 5.13. The maximum atomic E-state index is 5.13. The Morgan fingerprint density at radius 2 is 2.40 bits per heavy atom. The summed E-state index contributed by atoms with van der Waals surface area (Å²) in [6, 6.07) is 4.14. The molecule has 2 aromatic heterocycles. The third-order valence-corrected chi connectivity index (χ3v) is 4.98. The molecule has 0 saturated heterocycles. The molecule has 0 atom stereocenters. The number of rotatable bonds is 4. The maximum Gasteiger partial charge on any atom is 0.134 e. The summed E-state index contributed by atoms with van der Waals surface area (Å²) in [6.07, 6.45) is 0. The van der Waals surface area contributed by atoms with E-state index in [1.54, 1.807) is 29.8 Å². The summed E-state index contributed by atoms with van der Waals surface area (Å²) < 4.78 is 5.13. The van der Waals surface area contributed by atoms with E-state index in [-0.39, 0.29) is 0 Å². The van der Waals surface area contributed by atoms with Crippen molar-refractivity contribution in [2.24, 2.45) is 0 Å². The highest BCUT2D eigenvalue weighted by Crippen LogP contribution is 2.32. The van der Waals surface area contributed by atoms with Crippen molar-refractivity contribution in [3.8, 4) is 9.88 Å². The van der Waals surface area contributed by atoms with Gasteiger partial charge in [0.1, 0.15) is 5.01 Å². The average Bonchev–Trinajstić information content (AvgIpc) is 2.84. The SMILES string of the molecule is COCc1nc(-c2cccs2)sc1CBr. The van der Waals surface area contributed by atoms with E-state index in [0.717, 1.165) is 16.0 Å². The molecular formula is C10H10BrNOS2. The van der Waals surface area contributed by atoms with Gasteiger partial charge in [-0.2, -0.15) is 0 Å². The lowest BCUT2D eigenvalue weighted by Crippen LogP contribution is -1.90. The average molecular weight is 304 g/mol. The van der Waals surface area contributed by atoms with Crippen LogP contribution in [0.15, 0.2) is 17.5 Å². The molecule has 2 heterocycles. The van der Waals surface area contributed by atoms with Gasteiger partial charge < -0.3 is 4.74 Å². The largest absolute Gasteiger partial charge is 0.378 e. The van der Waals surface area contributed by atoms with Crippen molar-refractivity contribution in [3.63, 3.8) is 0 Å². The number of halogens is 1. The molecule has 5 heteroatoms. The van der Waals surface area contributed by atoms with Gasteiger partial charge >= 0.3 is 0 Å². The molecule has 0 radical (unpaired) electrons. The summed E-state index contributed by atoms with van der Waals surface area (Å²) in [7, 11) is 1.70. The molecule has 15 heavy (non-hydrogen) atoms. The van der Waals surface area contributed by atoms with Gasteiger partial charge in [0.05, 0.1) is 17.2 Å². The topological polar surface area (TPSA) is 22.1 Å². The van der Waals surface area contributed by atoms with Crippen LogP contribution in [0.3, 0.4) is 0 Å². The zero-order valence-corrected chi connectivity index (χ0v) is 11.4. The van der Waals surface area contributed by atoms with Crippen LogP contribution in [-0.4, -0.2) is 12.1 Å². The molecule has 2 aromatic rings.